The summed E-state index contributed by atoms with van der Waals surface area (Å²) in [7, 11) is 0. The predicted molar refractivity (Wildman–Crippen MR) is 79.9 cm³/mol. The molecule has 2 aromatic rings. The first-order valence-electron chi connectivity index (χ1n) is 6.30. The lowest BCUT2D eigenvalue weighted by Gasteiger charge is -2.18. The number of benzene rings is 2. The van der Waals surface area contributed by atoms with E-state index in [1.165, 1.54) is 13.0 Å². The van der Waals surface area contributed by atoms with Crippen LogP contribution in [0.4, 0.5) is 10.1 Å². The normalized spacial score (nSPS) is 12.0. The van der Waals surface area contributed by atoms with Crippen molar-refractivity contribution in [2.75, 3.05) is 5.32 Å². The van der Waals surface area contributed by atoms with Gasteiger partial charge in [0.15, 0.2) is 5.78 Å². The van der Waals surface area contributed by atoms with Crippen LogP contribution in [0, 0.1) is 5.82 Å². The van der Waals surface area contributed by atoms with Gasteiger partial charge in [-0.2, -0.15) is 0 Å². The number of ketones is 1. The number of hydrogen-bond acceptors (Lipinski definition) is 2. The van der Waals surface area contributed by atoms with Crippen LogP contribution in [0.5, 0.6) is 0 Å². The third kappa shape index (κ3) is 3.17. The second-order valence-corrected chi connectivity index (χ2v) is 5.08. The van der Waals surface area contributed by atoms with Crippen molar-refractivity contribution >= 4 is 23.1 Å². The number of carbonyl (C=O) groups is 1. The highest BCUT2D eigenvalue weighted by Crippen LogP contribution is 2.26. The van der Waals surface area contributed by atoms with Crippen LogP contribution in [0.15, 0.2) is 42.5 Å². The van der Waals surface area contributed by atoms with Crippen LogP contribution in [0.3, 0.4) is 0 Å². The Bertz CT molecular complexity index is 642. The molecule has 1 atom stereocenters. The molecule has 1 N–H and O–H groups in total. The van der Waals surface area contributed by atoms with E-state index in [0.29, 0.717) is 10.7 Å². The lowest BCUT2D eigenvalue weighted by molar-refractivity contribution is 0.101. The number of halogens is 2. The van der Waals surface area contributed by atoms with Crippen molar-refractivity contribution in [3.63, 3.8) is 0 Å². The van der Waals surface area contributed by atoms with Gasteiger partial charge in [-0.05, 0) is 43.7 Å². The Balaban J connectivity index is 2.30. The molecule has 2 nitrogen and oxygen atoms in total. The van der Waals surface area contributed by atoms with Crippen LogP contribution in [0.25, 0.3) is 0 Å². The van der Waals surface area contributed by atoms with E-state index in [1.807, 2.05) is 25.1 Å². The van der Waals surface area contributed by atoms with Crippen molar-refractivity contribution in [3.05, 3.63) is 64.4 Å². The fourth-order valence-electron chi connectivity index (χ4n) is 2.09. The van der Waals surface area contributed by atoms with Crippen molar-refractivity contribution in [2.45, 2.75) is 19.9 Å². The molecule has 0 aliphatic carbocycles. The maximum absolute atomic E-state index is 13.7. The molecule has 0 amide bonds. The van der Waals surface area contributed by atoms with Crippen LogP contribution < -0.4 is 5.32 Å². The highest BCUT2D eigenvalue weighted by molar-refractivity contribution is 6.30. The van der Waals surface area contributed by atoms with E-state index in [0.717, 1.165) is 5.56 Å². The van der Waals surface area contributed by atoms with E-state index in [9.17, 15) is 9.18 Å². The topological polar surface area (TPSA) is 29.1 Å². The highest BCUT2D eigenvalue weighted by atomic mass is 35.5. The van der Waals surface area contributed by atoms with Gasteiger partial charge in [0.1, 0.15) is 5.82 Å². The van der Waals surface area contributed by atoms with Crippen LogP contribution in [0.2, 0.25) is 5.02 Å². The summed E-state index contributed by atoms with van der Waals surface area (Å²) in [5.41, 5.74) is 1.54. The summed E-state index contributed by atoms with van der Waals surface area (Å²) in [5.74, 6) is -0.815. The Hall–Kier alpha value is -1.87. The SMILES string of the molecule is CC(=O)c1c(F)cccc1NC(C)c1cccc(Cl)c1. The van der Waals surface area contributed by atoms with Gasteiger partial charge in [-0.1, -0.05) is 29.8 Å². The molecule has 0 spiro atoms. The Kier molecular flexibility index (Phi) is 4.40. The fraction of sp³-hybridized carbons (Fsp3) is 0.188. The van der Waals surface area contributed by atoms with Crippen molar-refractivity contribution in [1.82, 2.24) is 0 Å². The minimum Gasteiger partial charge on any atom is -0.378 e. The van der Waals surface area contributed by atoms with E-state index in [4.69, 9.17) is 11.6 Å². The van der Waals surface area contributed by atoms with Crippen LogP contribution in [-0.4, -0.2) is 5.78 Å². The van der Waals surface area contributed by atoms with Gasteiger partial charge in [-0.25, -0.2) is 4.39 Å². The third-order valence-electron chi connectivity index (χ3n) is 3.09. The Morgan fingerprint density at radius 2 is 1.95 bits per heavy atom. The van der Waals surface area contributed by atoms with Gasteiger partial charge in [0, 0.05) is 16.8 Å². The lowest BCUT2D eigenvalue weighted by Crippen LogP contribution is -2.11. The molecule has 20 heavy (non-hydrogen) atoms. The van der Waals surface area contributed by atoms with E-state index in [1.54, 1.807) is 18.2 Å². The molecule has 4 heteroatoms. The summed E-state index contributed by atoms with van der Waals surface area (Å²) in [6.07, 6.45) is 0. The molecule has 0 saturated heterocycles. The van der Waals surface area contributed by atoms with Gasteiger partial charge in [0.25, 0.3) is 0 Å². The summed E-state index contributed by atoms with van der Waals surface area (Å²) in [4.78, 5) is 11.6. The number of Topliss-reactive ketones (excluding diaryl/α,β-unsaturated/α-hetero) is 1. The molecule has 0 fully saturated rings. The molecule has 0 heterocycles. The molecule has 2 rings (SSSR count). The average Bonchev–Trinajstić information content (AvgIpc) is 2.38. The zero-order chi connectivity index (χ0) is 14.7. The number of hydrogen-bond donors (Lipinski definition) is 1. The number of carbonyl (C=O) groups excluding carboxylic acids is 1. The minimum atomic E-state index is -0.513. The van der Waals surface area contributed by atoms with Gasteiger partial charge in [0.05, 0.1) is 5.56 Å². The molecule has 0 aliphatic rings. The first-order valence-corrected chi connectivity index (χ1v) is 6.68. The largest absolute Gasteiger partial charge is 0.378 e. The van der Waals surface area contributed by atoms with Gasteiger partial charge >= 0.3 is 0 Å². The quantitative estimate of drug-likeness (QED) is 0.816. The molecule has 0 aromatic heterocycles. The standard InChI is InChI=1S/C16H15ClFNO/c1-10(12-5-3-6-13(17)9-12)19-15-8-4-7-14(18)16(15)11(2)20/h3-10,19H,1-2H3. The van der Waals surface area contributed by atoms with Crippen LogP contribution in [-0.2, 0) is 0 Å². The maximum Gasteiger partial charge on any atom is 0.164 e. The molecule has 0 bridgehead atoms. The molecule has 1 unspecified atom stereocenters. The van der Waals surface area contributed by atoms with E-state index in [2.05, 4.69) is 5.32 Å². The first-order chi connectivity index (χ1) is 9.49. The van der Waals surface area contributed by atoms with Crippen molar-refractivity contribution in [3.8, 4) is 0 Å². The average molecular weight is 292 g/mol. The zero-order valence-corrected chi connectivity index (χ0v) is 12.0. The minimum absolute atomic E-state index is 0.0846. The number of anilines is 1. The molecule has 0 radical (unpaired) electrons. The van der Waals surface area contributed by atoms with Gasteiger partial charge in [0.2, 0.25) is 0 Å². The van der Waals surface area contributed by atoms with Crippen LogP contribution in [0.1, 0.15) is 35.8 Å². The fourth-order valence-corrected chi connectivity index (χ4v) is 2.29. The summed E-state index contributed by atoms with van der Waals surface area (Å²) in [6.45, 7) is 3.29. The number of rotatable bonds is 4. The summed E-state index contributed by atoms with van der Waals surface area (Å²) in [6, 6.07) is 11.9. The smallest absolute Gasteiger partial charge is 0.164 e. The monoisotopic (exact) mass is 291 g/mol. The van der Waals surface area contributed by atoms with Crippen molar-refractivity contribution in [1.29, 1.82) is 0 Å². The van der Waals surface area contributed by atoms with Crippen molar-refractivity contribution < 1.29 is 9.18 Å². The Labute approximate surface area is 122 Å². The van der Waals surface area contributed by atoms with Crippen LogP contribution >= 0.6 is 11.6 Å². The second kappa shape index (κ2) is 6.06. The molecule has 2 aromatic carbocycles. The van der Waals surface area contributed by atoms with Gasteiger partial charge in [-0.3, -0.25) is 4.79 Å². The highest BCUT2D eigenvalue weighted by Gasteiger charge is 2.15. The maximum atomic E-state index is 13.7. The van der Waals surface area contributed by atoms with Gasteiger partial charge < -0.3 is 5.32 Å². The molecule has 0 saturated carbocycles. The zero-order valence-electron chi connectivity index (χ0n) is 11.3. The Morgan fingerprint density at radius 1 is 1.25 bits per heavy atom. The van der Waals surface area contributed by atoms with E-state index < -0.39 is 5.82 Å². The lowest BCUT2D eigenvalue weighted by atomic mass is 10.1. The molecule has 0 aliphatic heterocycles. The van der Waals surface area contributed by atoms with Gasteiger partial charge in [-0.15, -0.1) is 0 Å². The third-order valence-corrected chi connectivity index (χ3v) is 3.32. The molecular weight excluding hydrogens is 277 g/mol. The predicted octanol–water partition coefficient (Wildman–Crippen LogP) is 4.85. The first kappa shape index (κ1) is 14.5. The van der Waals surface area contributed by atoms with E-state index in [-0.39, 0.29) is 17.4 Å². The van der Waals surface area contributed by atoms with E-state index >= 15 is 0 Å². The Morgan fingerprint density at radius 3 is 2.60 bits per heavy atom. The summed E-state index contributed by atoms with van der Waals surface area (Å²) in [5, 5.41) is 3.80. The second-order valence-electron chi connectivity index (χ2n) is 4.64. The molecule has 104 valence electrons. The molecular formula is C16H15ClFNO. The summed E-state index contributed by atoms with van der Waals surface area (Å²) >= 11 is 5.96. The number of nitrogens with one attached hydrogen (secondary N) is 1. The summed E-state index contributed by atoms with van der Waals surface area (Å²) < 4.78 is 13.7. The van der Waals surface area contributed by atoms with Crippen molar-refractivity contribution in [2.24, 2.45) is 0 Å².